The van der Waals surface area contributed by atoms with E-state index in [2.05, 4.69) is 4.98 Å². The lowest BCUT2D eigenvalue weighted by molar-refractivity contribution is 0.0414. The molecule has 0 aliphatic carbocycles. The normalized spacial score (nSPS) is 17.6. The number of imidazole rings is 1. The van der Waals surface area contributed by atoms with Gasteiger partial charge >= 0.3 is 0 Å². The molecule has 2 aromatic rings. The molecule has 1 fully saturated rings. The van der Waals surface area contributed by atoms with Gasteiger partial charge in [0.25, 0.3) is 0 Å². The molecule has 1 saturated heterocycles. The van der Waals surface area contributed by atoms with Gasteiger partial charge < -0.3 is 9.30 Å². The Bertz CT molecular complexity index is 613. The minimum atomic E-state index is -0.502. The Morgan fingerprint density at radius 1 is 1.29 bits per heavy atom. The molecule has 4 nitrogen and oxygen atoms in total. The van der Waals surface area contributed by atoms with Crippen molar-refractivity contribution in [3.63, 3.8) is 0 Å². The van der Waals surface area contributed by atoms with Gasteiger partial charge in [-0.2, -0.15) is 0 Å². The van der Waals surface area contributed by atoms with Crippen LogP contribution in [0.2, 0.25) is 0 Å². The van der Waals surface area contributed by atoms with Gasteiger partial charge in [0.2, 0.25) is 5.78 Å². The number of nitrogens with zero attached hydrogens (tertiary/aromatic N) is 2. The number of hydrogen-bond acceptors (Lipinski definition) is 3. The standard InChI is InChI=1S/C17H20N2O2/c1-2-19-11-10-18-16(19)15(20)17(8-12-21-13-9-17)14-6-4-3-5-7-14/h3-7,10-11H,2,8-9,12-13H2,1H3. The number of ketones is 1. The summed E-state index contributed by atoms with van der Waals surface area (Å²) in [5, 5.41) is 0. The molecule has 1 aromatic carbocycles. The lowest BCUT2D eigenvalue weighted by Crippen LogP contribution is -2.42. The molecular formula is C17H20N2O2. The van der Waals surface area contributed by atoms with E-state index in [9.17, 15) is 4.79 Å². The number of rotatable bonds is 4. The minimum absolute atomic E-state index is 0.115. The Hall–Kier alpha value is -1.94. The van der Waals surface area contributed by atoms with Gasteiger partial charge in [-0.15, -0.1) is 0 Å². The molecule has 0 bridgehead atoms. The fraction of sp³-hybridized carbons (Fsp3) is 0.412. The van der Waals surface area contributed by atoms with E-state index < -0.39 is 5.41 Å². The average Bonchev–Trinajstić information content (AvgIpc) is 3.04. The predicted molar refractivity (Wildman–Crippen MR) is 80.4 cm³/mol. The lowest BCUT2D eigenvalue weighted by atomic mass is 9.70. The van der Waals surface area contributed by atoms with Crippen molar-refractivity contribution in [2.45, 2.75) is 31.7 Å². The Morgan fingerprint density at radius 2 is 2.00 bits per heavy atom. The number of Topliss-reactive ketones (excluding diaryl/α,β-unsaturated/α-hetero) is 1. The first-order chi connectivity index (χ1) is 10.3. The van der Waals surface area contributed by atoms with Crippen LogP contribution in [0.25, 0.3) is 0 Å². The zero-order chi connectivity index (χ0) is 14.7. The second-order valence-corrected chi connectivity index (χ2v) is 5.43. The molecule has 0 amide bonds. The summed E-state index contributed by atoms with van der Waals surface area (Å²) in [6.07, 6.45) is 5.00. The highest BCUT2D eigenvalue weighted by atomic mass is 16.5. The van der Waals surface area contributed by atoms with E-state index in [-0.39, 0.29) is 5.78 Å². The Balaban J connectivity index is 2.06. The van der Waals surface area contributed by atoms with Gasteiger partial charge in [0, 0.05) is 32.2 Å². The molecule has 110 valence electrons. The summed E-state index contributed by atoms with van der Waals surface area (Å²) in [6.45, 7) is 4.01. The smallest absolute Gasteiger partial charge is 0.208 e. The summed E-state index contributed by atoms with van der Waals surface area (Å²) in [5.41, 5.74) is 0.571. The quantitative estimate of drug-likeness (QED) is 0.811. The number of aryl methyl sites for hydroxylation is 1. The molecule has 3 rings (SSSR count). The van der Waals surface area contributed by atoms with E-state index in [1.807, 2.05) is 48.0 Å². The van der Waals surface area contributed by atoms with Gasteiger partial charge in [-0.25, -0.2) is 4.98 Å². The topological polar surface area (TPSA) is 44.1 Å². The highest BCUT2D eigenvalue weighted by Gasteiger charge is 2.43. The van der Waals surface area contributed by atoms with Crippen molar-refractivity contribution in [2.24, 2.45) is 0 Å². The third kappa shape index (κ3) is 2.40. The molecule has 0 spiro atoms. The molecule has 2 heterocycles. The SMILES string of the molecule is CCn1ccnc1C(=O)C1(c2ccccc2)CCOCC1. The van der Waals surface area contributed by atoms with Crippen LogP contribution in [0.4, 0.5) is 0 Å². The van der Waals surface area contributed by atoms with Crippen molar-refractivity contribution in [1.29, 1.82) is 0 Å². The summed E-state index contributed by atoms with van der Waals surface area (Å²) in [5.74, 6) is 0.673. The van der Waals surface area contributed by atoms with Crippen molar-refractivity contribution in [1.82, 2.24) is 9.55 Å². The van der Waals surface area contributed by atoms with Gasteiger partial charge in [0.05, 0.1) is 5.41 Å². The number of ether oxygens (including phenoxy) is 1. The van der Waals surface area contributed by atoms with Crippen LogP contribution >= 0.6 is 0 Å². The van der Waals surface area contributed by atoms with Crippen molar-refractivity contribution in [3.8, 4) is 0 Å². The van der Waals surface area contributed by atoms with Gasteiger partial charge in [-0.05, 0) is 25.3 Å². The van der Waals surface area contributed by atoms with Crippen LogP contribution in [0.1, 0.15) is 35.9 Å². The number of aromatic nitrogens is 2. The van der Waals surface area contributed by atoms with Crippen molar-refractivity contribution in [2.75, 3.05) is 13.2 Å². The van der Waals surface area contributed by atoms with E-state index >= 15 is 0 Å². The van der Waals surface area contributed by atoms with Crippen LogP contribution in [0.3, 0.4) is 0 Å². The van der Waals surface area contributed by atoms with Gasteiger partial charge in [-0.1, -0.05) is 30.3 Å². The second-order valence-electron chi connectivity index (χ2n) is 5.43. The Morgan fingerprint density at radius 3 is 2.67 bits per heavy atom. The van der Waals surface area contributed by atoms with Crippen LogP contribution in [0.15, 0.2) is 42.7 Å². The first-order valence-electron chi connectivity index (χ1n) is 7.47. The van der Waals surface area contributed by atoms with Crippen LogP contribution in [-0.4, -0.2) is 28.5 Å². The monoisotopic (exact) mass is 284 g/mol. The van der Waals surface area contributed by atoms with Gasteiger partial charge in [0.1, 0.15) is 0 Å². The van der Waals surface area contributed by atoms with E-state index in [0.717, 1.165) is 12.1 Å². The molecular weight excluding hydrogens is 264 g/mol. The van der Waals surface area contributed by atoms with Crippen molar-refractivity contribution in [3.05, 3.63) is 54.1 Å². The first-order valence-corrected chi connectivity index (χ1v) is 7.47. The van der Waals surface area contributed by atoms with E-state index in [1.165, 1.54) is 0 Å². The first kappa shape index (κ1) is 14.0. The molecule has 1 aliphatic rings. The fourth-order valence-electron chi connectivity index (χ4n) is 3.11. The number of carbonyl (C=O) groups excluding carboxylic acids is 1. The third-order valence-corrected chi connectivity index (χ3v) is 4.37. The summed E-state index contributed by atoms with van der Waals surface area (Å²) in [7, 11) is 0. The largest absolute Gasteiger partial charge is 0.381 e. The third-order valence-electron chi connectivity index (χ3n) is 4.37. The fourth-order valence-corrected chi connectivity index (χ4v) is 3.11. The molecule has 0 saturated carbocycles. The molecule has 0 radical (unpaired) electrons. The van der Waals surface area contributed by atoms with Gasteiger partial charge in [0.15, 0.2) is 5.82 Å². The Labute approximate surface area is 124 Å². The maximum Gasteiger partial charge on any atom is 0.208 e. The number of hydrogen-bond donors (Lipinski definition) is 0. The average molecular weight is 284 g/mol. The summed E-state index contributed by atoms with van der Waals surface area (Å²) >= 11 is 0. The minimum Gasteiger partial charge on any atom is -0.381 e. The number of benzene rings is 1. The van der Waals surface area contributed by atoms with Crippen LogP contribution in [-0.2, 0) is 16.7 Å². The van der Waals surface area contributed by atoms with Crippen LogP contribution in [0, 0.1) is 0 Å². The zero-order valence-corrected chi connectivity index (χ0v) is 12.3. The summed E-state index contributed by atoms with van der Waals surface area (Å²) in [4.78, 5) is 17.5. The predicted octanol–water partition coefficient (Wildman–Crippen LogP) is 2.83. The van der Waals surface area contributed by atoms with Gasteiger partial charge in [-0.3, -0.25) is 4.79 Å². The molecule has 4 heteroatoms. The van der Waals surface area contributed by atoms with Crippen LogP contribution in [0.5, 0.6) is 0 Å². The Kier molecular flexibility index (Phi) is 3.88. The zero-order valence-electron chi connectivity index (χ0n) is 12.3. The number of carbonyl (C=O) groups is 1. The molecule has 0 N–H and O–H groups in total. The van der Waals surface area contributed by atoms with Crippen molar-refractivity contribution < 1.29 is 9.53 Å². The molecule has 1 aliphatic heterocycles. The van der Waals surface area contributed by atoms with E-state index in [0.29, 0.717) is 31.9 Å². The van der Waals surface area contributed by atoms with E-state index in [1.54, 1.807) is 6.20 Å². The highest BCUT2D eigenvalue weighted by Crippen LogP contribution is 2.37. The lowest BCUT2D eigenvalue weighted by Gasteiger charge is -2.36. The van der Waals surface area contributed by atoms with Crippen LogP contribution < -0.4 is 0 Å². The highest BCUT2D eigenvalue weighted by molar-refractivity contribution is 6.01. The molecule has 1 aromatic heterocycles. The molecule has 21 heavy (non-hydrogen) atoms. The second kappa shape index (κ2) is 5.82. The summed E-state index contributed by atoms with van der Waals surface area (Å²) < 4.78 is 7.41. The maximum absolute atomic E-state index is 13.2. The van der Waals surface area contributed by atoms with E-state index in [4.69, 9.17) is 4.74 Å². The maximum atomic E-state index is 13.2. The summed E-state index contributed by atoms with van der Waals surface area (Å²) in [6, 6.07) is 10.1. The molecule has 0 atom stereocenters. The van der Waals surface area contributed by atoms with Crippen molar-refractivity contribution >= 4 is 5.78 Å². The molecule has 0 unspecified atom stereocenters.